The molecule has 84 valence electrons. The van der Waals surface area contributed by atoms with Crippen LogP contribution in [0.4, 0.5) is 0 Å². The molecule has 0 atom stereocenters. The van der Waals surface area contributed by atoms with Crippen LogP contribution in [0.1, 0.15) is 25.7 Å². The third kappa shape index (κ3) is 4.13. The van der Waals surface area contributed by atoms with Crippen molar-refractivity contribution < 1.29 is 13.5 Å². The average Bonchev–Trinajstić information content (AvgIpc) is 2.17. The van der Waals surface area contributed by atoms with E-state index in [2.05, 4.69) is 4.72 Å². The van der Waals surface area contributed by atoms with Gasteiger partial charge in [0.2, 0.25) is 10.0 Å². The van der Waals surface area contributed by atoms with Crippen LogP contribution in [0.15, 0.2) is 0 Å². The van der Waals surface area contributed by atoms with Crippen LogP contribution in [0.5, 0.6) is 0 Å². The first-order chi connectivity index (χ1) is 6.53. The fourth-order valence-electron chi connectivity index (χ4n) is 1.63. The lowest BCUT2D eigenvalue weighted by Gasteiger charge is -2.25. The van der Waals surface area contributed by atoms with Gasteiger partial charge in [-0.25, -0.2) is 13.1 Å². The zero-order chi connectivity index (χ0) is 10.6. The highest BCUT2D eigenvalue weighted by Gasteiger charge is 2.20. The number of alkyl halides is 1. The summed E-state index contributed by atoms with van der Waals surface area (Å²) in [5.74, 6) is 0.344. The third-order valence-electron chi connectivity index (χ3n) is 2.55. The van der Waals surface area contributed by atoms with Gasteiger partial charge >= 0.3 is 0 Å². The highest BCUT2D eigenvalue weighted by atomic mass is 35.5. The van der Waals surface area contributed by atoms with Crippen LogP contribution >= 0.6 is 11.6 Å². The Hall–Kier alpha value is 0.160. The van der Waals surface area contributed by atoms with Gasteiger partial charge in [-0.1, -0.05) is 0 Å². The van der Waals surface area contributed by atoms with Crippen molar-refractivity contribution in [1.29, 1.82) is 0 Å². The SMILES string of the molecule is O=S(=O)(CCl)NCC1CCC(O)CC1. The molecule has 0 saturated heterocycles. The molecule has 0 aromatic heterocycles. The summed E-state index contributed by atoms with van der Waals surface area (Å²) in [5.41, 5.74) is 0. The lowest BCUT2D eigenvalue weighted by molar-refractivity contribution is 0.110. The minimum Gasteiger partial charge on any atom is -0.393 e. The number of sulfonamides is 1. The number of rotatable bonds is 4. The molecule has 0 unspecified atom stereocenters. The number of nitrogens with one attached hydrogen (secondary N) is 1. The topological polar surface area (TPSA) is 66.4 Å². The van der Waals surface area contributed by atoms with Crippen molar-refractivity contribution >= 4 is 21.6 Å². The van der Waals surface area contributed by atoms with E-state index >= 15 is 0 Å². The maximum atomic E-state index is 11.0. The standard InChI is InChI=1S/C8H16ClNO3S/c9-6-14(12,13)10-5-7-1-3-8(11)4-2-7/h7-8,10-11H,1-6H2. The van der Waals surface area contributed by atoms with Crippen molar-refractivity contribution in [2.45, 2.75) is 31.8 Å². The van der Waals surface area contributed by atoms with Crippen molar-refractivity contribution in [3.8, 4) is 0 Å². The third-order valence-corrected chi connectivity index (χ3v) is 4.31. The second kappa shape index (κ2) is 5.30. The average molecular weight is 242 g/mol. The highest BCUT2D eigenvalue weighted by Crippen LogP contribution is 2.23. The van der Waals surface area contributed by atoms with Gasteiger partial charge in [0.15, 0.2) is 0 Å². The molecule has 1 fully saturated rings. The molecule has 0 heterocycles. The van der Waals surface area contributed by atoms with Crippen LogP contribution in [-0.2, 0) is 10.0 Å². The summed E-state index contributed by atoms with van der Waals surface area (Å²) in [6.07, 6.45) is 3.11. The molecule has 14 heavy (non-hydrogen) atoms. The summed E-state index contributed by atoms with van der Waals surface area (Å²) in [6, 6.07) is 0. The molecule has 0 bridgehead atoms. The van der Waals surface area contributed by atoms with Crippen LogP contribution in [-0.4, -0.2) is 31.4 Å². The molecule has 2 N–H and O–H groups in total. The number of halogens is 1. The Morgan fingerprint density at radius 2 is 1.86 bits per heavy atom. The van der Waals surface area contributed by atoms with Gasteiger partial charge in [-0.3, -0.25) is 0 Å². The summed E-state index contributed by atoms with van der Waals surface area (Å²) < 4.78 is 24.5. The fraction of sp³-hybridized carbons (Fsp3) is 1.00. The molecule has 6 heteroatoms. The zero-order valence-electron chi connectivity index (χ0n) is 7.95. The fourth-order valence-corrected chi connectivity index (χ4v) is 2.43. The molecule has 0 spiro atoms. The first-order valence-corrected chi connectivity index (χ1v) is 6.93. The lowest BCUT2D eigenvalue weighted by atomic mass is 9.88. The molecule has 1 saturated carbocycles. The van der Waals surface area contributed by atoms with Crippen LogP contribution in [0, 0.1) is 5.92 Å². The van der Waals surface area contributed by atoms with Gasteiger partial charge in [0.1, 0.15) is 5.21 Å². The van der Waals surface area contributed by atoms with E-state index in [0.717, 1.165) is 25.7 Å². The van der Waals surface area contributed by atoms with Crippen LogP contribution < -0.4 is 4.72 Å². The predicted molar refractivity (Wildman–Crippen MR) is 55.6 cm³/mol. The molecule has 1 rings (SSSR count). The van der Waals surface area contributed by atoms with E-state index in [1.54, 1.807) is 0 Å². The molecule has 1 aliphatic carbocycles. The molecule has 4 nitrogen and oxygen atoms in total. The largest absolute Gasteiger partial charge is 0.393 e. The van der Waals surface area contributed by atoms with Crippen molar-refractivity contribution in [3.63, 3.8) is 0 Å². The van der Waals surface area contributed by atoms with Gasteiger partial charge in [0.25, 0.3) is 0 Å². The van der Waals surface area contributed by atoms with E-state index in [0.29, 0.717) is 12.5 Å². The number of hydrogen-bond acceptors (Lipinski definition) is 3. The van der Waals surface area contributed by atoms with Crippen molar-refractivity contribution in [1.82, 2.24) is 4.72 Å². The highest BCUT2D eigenvalue weighted by molar-refractivity contribution is 7.90. The predicted octanol–water partition coefficient (Wildman–Crippen LogP) is 0.653. The second-order valence-electron chi connectivity index (χ2n) is 3.75. The quantitative estimate of drug-likeness (QED) is 0.711. The summed E-state index contributed by atoms with van der Waals surface area (Å²) in [7, 11) is -3.28. The van der Waals surface area contributed by atoms with Crippen molar-refractivity contribution in [2.24, 2.45) is 5.92 Å². The maximum Gasteiger partial charge on any atom is 0.225 e. The summed E-state index contributed by atoms with van der Waals surface area (Å²) in [4.78, 5) is 0. The van der Waals surface area contributed by atoms with Crippen LogP contribution in [0.2, 0.25) is 0 Å². The Morgan fingerprint density at radius 1 is 1.29 bits per heavy atom. The molecule has 0 aromatic carbocycles. The molecule has 1 aliphatic rings. The summed E-state index contributed by atoms with van der Waals surface area (Å²) >= 11 is 5.24. The van der Waals surface area contributed by atoms with E-state index < -0.39 is 10.0 Å². The first kappa shape index (κ1) is 12.2. The molecule has 0 amide bonds. The second-order valence-corrected chi connectivity index (χ2v) is 6.14. The smallest absolute Gasteiger partial charge is 0.225 e. The summed E-state index contributed by atoms with van der Waals surface area (Å²) in [5, 5.41) is 8.85. The zero-order valence-corrected chi connectivity index (χ0v) is 9.52. The Balaban J connectivity index is 2.26. The van der Waals surface area contributed by atoms with E-state index in [4.69, 9.17) is 11.6 Å². The minimum atomic E-state index is -3.28. The number of hydrogen-bond donors (Lipinski definition) is 2. The lowest BCUT2D eigenvalue weighted by Crippen LogP contribution is -2.32. The van der Waals surface area contributed by atoms with E-state index in [1.165, 1.54) is 0 Å². The van der Waals surface area contributed by atoms with Crippen LogP contribution in [0.3, 0.4) is 0 Å². The van der Waals surface area contributed by atoms with Crippen molar-refractivity contribution in [3.05, 3.63) is 0 Å². The molecule has 0 radical (unpaired) electrons. The monoisotopic (exact) mass is 241 g/mol. The number of aliphatic hydroxyl groups is 1. The Morgan fingerprint density at radius 3 is 2.36 bits per heavy atom. The van der Waals surface area contributed by atoms with Crippen molar-refractivity contribution in [2.75, 3.05) is 11.8 Å². The van der Waals surface area contributed by atoms with Gasteiger partial charge in [-0.05, 0) is 31.6 Å². The van der Waals surface area contributed by atoms with Gasteiger partial charge in [-0.2, -0.15) is 0 Å². The van der Waals surface area contributed by atoms with E-state index in [9.17, 15) is 13.5 Å². The molecular formula is C8H16ClNO3S. The Kier molecular flexibility index (Phi) is 4.63. The first-order valence-electron chi connectivity index (χ1n) is 4.75. The van der Waals surface area contributed by atoms with Crippen LogP contribution in [0.25, 0.3) is 0 Å². The number of aliphatic hydroxyl groups excluding tert-OH is 1. The van der Waals surface area contributed by atoms with E-state index in [-0.39, 0.29) is 11.3 Å². The normalized spacial score (nSPS) is 29.0. The Labute approximate surface area is 89.7 Å². The molecular weight excluding hydrogens is 226 g/mol. The van der Waals surface area contributed by atoms with Gasteiger partial charge < -0.3 is 5.11 Å². The van der Waals surface area contributed by atoms with Gasteiger partial charge in [0.05, 0.1) is 6.10 Å². The molecule has 0 aromatic rings. The molecule has 0 aliphatic heterocycles. The summed E-state index contributed by atoms with van der Waals surface area (Å²) in [6.45, 7) is 0.446. The maximum absolute atomic E-state index is 11.0. The van der Waals surface area contributed by atoms with E-state index in [1.807, 2.05) is 0 Å². The minimum absolute atomic E-state index is 0.198. The van der Waals surface area contributed by atoms with Gasteiger partial charge in [0, 0.05) is 6.54 Å². The van der Waals surface area contributed by atoms with Gasteiger partial charge in [-0.15, -0.1) is 11.6 Å². The Bertz CT molecular complexity index is 260.